The summed E-state index contributed by atoms with van der Waals surface area (Å²) < 4.78 is 11.4. The molecule has 0 unspecified atom stereocenters. The second kappa shape index (κ2) is 8.20. The fourth-order valence-electron chi connectivity index (χ4n) is 3.06. The van der Waals surface area contributed by atoms with Gasteiger partial charge in [0.1, 0.15) is 11.3 Å². The Morgan fingerprint density at radius 1 is 1.00 bits per heavy atom. The lowest BCUT2D eigenvalue weighted by molar-refractivity contribution is -0.118. The molecule has 0 spiro atoms. The zero-order valence-corrected chi connectivity index (χ0v) is 17.7. The number of fused-ring (bicyclic) bond motifs is 1. The second-order valence-corrected chi connectivity index (χ2v) is 7.66. The highest BCUT2D eigenvalue weighted by Crippen LogP contribution is 2.27. The Balaban J connectivity index is 1.45. The largest absolute Gasteiger partial charge is 0.484 e. The number of rotatable bonds is 5. The Morgan fingerprint density at radius 3 is 2.60 bits per heavy atom. The number of ether oxygens (including phenoxy) is 1. The fourth-order valence-corrected chi connectivity index (χ4v) is 3.17. The molecule has 0 aliphatic carbocycles. The Morgan fingerprint density at radius 2 is 1.83 bits per heavy atom. The number of benzene rings is 3. The van der Waals surface area contributed by atoms with Crippen LogP contribution < -0.4 is 10.1 Å². The first kappa shape index (κ1) is 20.0. The molecule has 152 valence electrons. The normalized spacial score (nSPS) is 10.9. The van der Waals surface area contributed by atoms with E-state index in [1.807, 2.05) is 19.1 Å². The maximum absolute atomic E-state index is 12.3. The topological polar surface area (TPSA) is 64.4 Å². The monoisotopic (exact) mass is 420 g/mol. The molecule has 0 atom stereocenters. The summed E-state index contributed by atoms with van der Waals surface area (Å²) in [6.45, 7) is 5.90. The molecule has 4 rings (SSSR count). The van der Waals surface area contributed by atoms with Gasteiger partial charge in [-0.3, -0.25) is 4.79 Å². The predicted molar refractivity (Wildman–Crippen MR) is 119 cm³/mol. The van der Waals surface area contributed by atoms with E-state index in [1.54, 1.807) is 36.4 Å². The Labute approximate surface area is 179 Å². The summed E-state index contributed by atoms with van der Waals surface area (Å²) in [5.41, 5.74) is 6.18. The summed E-state index contributed by atoms with van der Waals surface area (Å²) in [4.78, 5) is 16.8. The number of anilines is 1. The maximum Gasteiger partial charge on any atom is 0.262 e. The van der Waals surface area contributed by atoms with Crippen molar-refractivity contribution in [2.24, 2.45) is 0 Å². The molecule has 1 N–H and O–H groups in total. The number of aromatic nitrogens is 1. The summed E-state index contributed by atoms with van der Waals surface area (Å²) in [6, 6.07) is 16.7. The van der Waals surface area contributed by atoms with Crippen LogP contribution in [0.15, 0.2) is 59.0 Å². The summed E-state index contributed by atoms with van der Waals surface area (Å²) in [5.74, 6) is 0.884. The van der Waals surface area contributed by atoms with Crippen LogP contribution in [0.25, 0.3) is 22.6 Å². The van der Waals surface area contributed by atoms with E-state index in [4.69, 9.17) is 20.8 Å². The van der Waals surface area contributed by atoms with E-state index in [0.717, 1.165) is 11.1 Å². The third-order valence-electron chi connectivity index (χ3n) is 4.92. The molecule has 1 aromatic heterocycles. The van der Waals surface area contributed by atoms with Crippen molar-refractivity contribution < 1.29 is 13.9 Å². The van der Waals surface area contributed by atoms with E-state index >= 15 is 0 Å². The number of hydrogen-bond acceptors (Lipinski definition) is 4. The third kappa shape index (κ3) is 4.31. The molecule has 6 heteroatoms. The summed E-state index contributed by atoms with van der Waals surface area (Å²) in [6.07, 6.45) is 0. The van der Waals surface area contributed by atoms with Crippen molar-refractivity contribution in [1.29, 1.82) is 0 Å². The molecule has 0 radical (unpaired) electrons. The van der Waals surface area contributed by atoms with Crippen LogP contribution >= 0.6 is 11.6 Å². The molecule has 5 nitrogen and oxygen atoms in total. The van der Waals surface area contributed by atoms with Gasteiger partial charge in [-0.2, -0.15) is 0 Å². The van der Waals surface area contributed by atoms with Gasteiger partial charge in [0.05, 0.1) is 0 Å². The number of halogens is 1. The molecular weight excluding hydrogens is 400 g/mol. The van der Waals surface area contributed by atoms with E-state index in [1.165, 1.54) is 11.1 Å². The van der Waals surface area contributed by atoms with E-state index in [9.17, 15) is 4.79 Å². The quantitative estimate of drug-likeness (QED) is 0.424. The first-order valence-electron chi connectivity index (χ1n) is 9.56. The lowest BCUT2D eigenvalue weighted by atomic mass is 10.1. The number of carbonyl (C=O) groups excluding carboxylic acids is 1. The van der Waals surface area contributed by atoms with Crippen LogP contribution in [0.3, 0.4) is 0 Å². The number of oxazole rings is 1. The molecule has 0 saturated carbocycles. The molecular formula is C24H21ClN2O3. The van der Waals surface area contributed by atoms with Gasteiger partial charge >= 0.3 is 0 Å². The lowest BCUT2D eigenvalue weighted by Crippen LogP contribution is -2.20. The van der Waals surface area contributed by atoms with Crippen molar-refractivity contribution in [3.8, 4) is 17.2 Å². The van der Waals surface area contributed by atoms with Gasteiger partial charge in [-0.05, 0) is 86.0 Å². The maximum atomic E-state index is 12.3. The SMILES string of the molecule is Cc1ccc(-c2nc3cc(NC(=O)COc4ccc(Cl)c(C)c4)ccc3o2)cc1C. The van der Waals surface area contributed by atoms with Gasteiger partial charge in [0.15, 0.2) is 12.2 Å². The first-order chi connectivity index (χ1) is 14.4. The van der Waals surface area contributed by atoms with Gasteiger partial charge in [-0.15, -0.1) is 0 Å². The number of carbonyl (C=O) groups is 1. The molecule has 0 aliphatic rings. The number of amides is 1. The molecule has 3 aromatic carbocycles. The number of aryl methyl sites for hydroxylation is 3. The average Bonchev–Trinajstić information content (AvgIpc) is 3.14. The van der Waals surface area contributed by atoms with Gasteiger partial charge < -0.3 is 14.5 Å². The highest BCUT2D eigenvalue weighted by molar-refractivity contribution is 6.31. The molecule has 0 saturated heterocycles. The minimum Gasteiger partial charge on any atom is -0.484 e. The molecule has 1 amide bonds. The van der Waals surface area contributed by atoms with Gasteiger partial charge in [0, 0.05) is 16.3 Å². The van der Waals surface area contributed by atoms with Crippen molar-refractivity contribution >= 4 is 34.3 Å². The minimum absolute atomic E-state index is 0.105. The standard InChI is InChI=1S/C24H21ClN2O3/c1-14-4-5-17(10-15(14)2)24-27-21-12-18(6-9-22(21)30-24)26-23(28)13-29-19-7-8-20(25)16(3)11-19/h4-12H,13H2,1-3H3,(H,26,28). The van der Waals surface area contributed by atoms with Crippen LogP contribution in [-0.4, -0.2) is 17.5 Å². The molecule has 1 heterocycles. The zero-order chi connectivity index (χ0) is 21.3. The first-order valence-corrected chi connectivity index (χ1v) is 9.94. The molecule has 4 aromatic rings. The highest BCUT2D eigenvalue weighted by Gasteiger charge is 2.11. The minimum atomic E-state index is -0.264. The van der Waals surface area contributed by atoms with Crippen LogP contribution in [0.4, 0.5) is 5.69 Å². The Hall–Kier alpha value is -3.31. The van der Waals surface area contributed by atoms with Crippen LogP contribution in [-0.2, 0) is 4.79 Å². The molecule has 0 fully saturated rings. The smallest absolute Gasteiger partial charge is 0.262 e. The number of nitrogens with zero attached hydrogens (tertiary/aromatic N) is 1. The summed E-state index contributed by atoms with van der Waals surface area (Å²) in [5, 5.41) is 3.48. The molecule has 0 bridgehead atoms. The number of nitrogens with one attached hydrogen (secondary N) is 1. The summed E-state index contributed by atoms with van der Waals surface area (Å²) >= 11 is 6.01. The third-order valence-corrected chi connectivity index (χ3v) is 5.35. The van der Waals surface area contributed by atoms with Gasteiger partial charge in [0.2, 0.25) is 5.89 Å². The van der Waals surface area contributed by atoms with Gasteiger partial charge in [0.25, 0.3) is 5.91 Å². The zero-order valence-electron chi connectivity index (χ0n) is 17.0. The Kier molecular flexibility index (Phi) is 5.46. The lowest BCUT2D eigenvalue weighted by Gasteiger charge is -2.08. The predicted octanol–water partition coefficient (Wildman–Crippen LogP) is 6.09. The second-order valence-electron chi connectivity index (χ2n) is 7.25. The van der Waals surface area contributed by atoms with Crippen LogP contribution in [0, 0.1) is 20.8 Å². The molecule has 0 aliphatic heterocycles. The number of hydrogen-bond donors (Lipinski definition) is 1. The van der Waals surface area contributed by atoms with E-state index < -0.39 is 0 Å². The van der Waals surface area contributed by atoms with Crippen molar-refractivity contribution in [3.63, 3.8) is 0 Å². The van der Waals surface area contributed by atoms with Crippen molar-refractivity contribution in [2.75, 3.05) is 11.9 Å². The van der Waals surface area contributed by atoms with Gasteiger partial charge in [-0.1, -0.05) is 17.7 Å². The van der Waals surface area contributed by atoms with Crippen molar-refractivity contribution in [2.45, 2.75) is 20.8 Å². The van der Waals surface area contributed by atoms with Crippen molar-refractivity contribution in [3.05, 3.63) is 76.3 Å². The van der Waals surface area contributed by atoms with Crippen LogP contribution in [0.1, 0.15) is 16.7 Å². The fraction of sp³-hybridized carbons (Fsp3) is 0.167. The van der Waals surface area contributed by atoms with E-state index in [0.29, 0.717) is 33.4 Å². The Bertz CT molecular complexity index is 1250. The van der Waals surface area contributed by atoms with Gasteiger partial charge in [-0.25, -0.2) is 4.98 Å². The van der Waals surface area contributed by atoms with E-state index in [-0.39, 0.29) is 12.5 Å². The highest BCUT2D eigenvalue weighted by atomic mass is 35.5. The van der Waals surface area contributed by atoms with Crippen LogP contribution in [0.5, 0.6) is 5.75 Å². The van der Waals surface area contributed by atoms with Crippen molar-refractivity contribution in [1.82, 2.24) is 4.98 Å². The molecule has 30 heavy (non-hydrogen) atoms. The van der Waals surface area contributed by atoms with E-state index in [2.05, 4.69) is 30.2 Å². The van der Waals surface area contributed by atoms with Crippen LogP contribution in [0.2, 0.25) is 5.02 Å². The summed E-state index contributed by atoms with van der Waals surface area (Å²) in [7, 11) is 0. The average molecular weight is 421 g/mol.